The average Bonchev–Trinajstić information content (AvgIpc) is 2.29. The zero-order chi connectivity index (χ0) is 12.8. The van der Waals surface area contributed by atoms with E-state index in [1.165, 1.54) is 24.3 Å². The van der Waals surface area contributed by atoms with Gasteiger partial charge in [0.05, 0.1) is 4.92 Å². The third-order valence-corrected chi connectivity index (χ3v) is 2.33. The van der Waals surface area contributed by atoms with Gasteiger partial charge < -0.3 is 10.6 Å². The number of urea groups is 1. The minimum Gasteiger partial charge on any atom is -0.335 e. The van der Waals surface area contributed by atoms with Crippen molar-refractivity contribution >= 4 is 17.4 Å². The summed E-state index contributed by atoms with van der Waals surface area (Å²) in [5.74, 6) is 0. The van der Waals surface area contributed by atoms with E-state index >= 15 is 0 Å². The number of hydrogen-bond donors (Lipinski definition) is 2. The smallest absolute Gasteiger partial charge is 0.319 e. The number of carbonyl (C=O) groups is 1. The molecule has 0 aliphatic rings. The average molecular weight is 237 g/mol. The lowest BCUT2D eigenvalue weighted by Crippen LogP contribution is -2.35. The molecule has 2 amide bonds. The first-order valence-corrected chi connectivity index (χ1v) is 5.35. The normalized spacial score (nSPS) is 11.6. The van der Waals surface area contributed by atoms with Crippen molar-refractivity contribution in [1.82, 2.24) is 5.32 Å². The minimum absolute atomic E-state index is 0.00196. The maximum atomic E-state index is 11.4. The summed E-state index contributed by atoms with van der Waals surface area (Å²) >= 11 is 0. The second-order valence-corrected chi connectivity index (χ2v) is 3.71. The molecule has 1 unspecified atom stereocenters. The molecular formula is C11H15N3O3. The molecule has 0 aromatic heterocycles. The highest BCUT2D eigenvalue weighted by Gasteiger charge is 2.07. The summed E-state index contributed by atoms with van der Waals surface area (Å²) in [6.45, 7) is 3.87. The topological polar surface area (TPSA) is 84.3 Å². The zero-order valence-electron chi connectivity index (χ0n) is 9.77. The van der Waals surface area contributed by atoms with E-state index in [2.05, 4.69) is 10.6 Å². The highest BCUT2D eigenvalue weighted by molar-refractivity contribution is 5.89. The van der Waals surface area contributed by atoms with Crippen molar-refractivity contribution in [2.75, 3.05) is 5.32 Å². The Morgan fingerprint density at radius 3 is 2.47 bits per heavy atom. The van der Waals surface area contributed by atoms with Crippen LogP contribution in [0, 0.1) is 10.1 Å². The van der Waals surface area contributed by atoms with Crippen molar-refractivity contribution in [2.24, 2.45) is 0 Å². The maximum absolute atomic E-state index is 11.4. The monoisotopic (exact) mass is 237 g/mol. The van der Waals surface area contributed by atoms with Crippen LogP contribution in [0.25, 0.3) is 0 Å². The van der Waals surface area contributed by atoms with E-state index in [-0.39, 0.29) is 17.8 Å². The quantitative estimate of drug-likeness (QED) is 0.623. The van der Waals surface area contributed by atoms with Crippen LogP contribution in [0.2, 0.25) is 0 Å². The van der Waals surface area contributed by atoms with E-state index in [9.17, 15) is 14.9 Å². The van der Waals surface area contributed by atoms with Crippen molar-refractivity contribution in [3.63, 3.8) is 0 Å². The molecular weight excluding hydrogens is 222 g/mol. The van der Waals surface area contributed by atoms with Crippen LogP contribution >= 0.6 is 0 Å². The molecule has 92 valence electrons. The first-order valence-electron chi connectivity index (χ1n) is 5.35. The van der Waals surface area contributed by atoms with Gasteiger partial charge in [0.15, 0.2) is 0 Å². The molecule has 1 aromatic rings. The number of nitrogens with zero attached hydrogens (tertiary/aromatic N) is 1. The Morgan fingerprint density at radius 1 is 1.41 bits per heavy atom. The molecule has 0 spiro atoms. The molecule has 0 aliphatic heterocycles. The molecule has 17 heavy (non-hydrogen) atoms. The summed E-state index contributed by atoms with van der Waals surface area (Å²) in [4.78, 5) is 21.4. The predicted molar refractivity (Wildman–Crippen MR) is 65.0 cm³/mol. The largest absolute Gasteiger partial charge is 0.335 e. The van der Waals surface area contributed by atoms with Crippen molar-refractivity contribution in [3.8, 4) is 0 Å². The molecule has 6 nitrogen and oxygen atoms in total. The number of nitro groups is 1. The van der Waals surface area contributed by atoms with E-state index in [1.54, 1.807) is 0 Å². The molecule has 0 saturated carbocycles. The molecule has 2 N–H and O–H groups in total. The number of hydrogen-bond acceptors (Lipinski definition) is 3. The van der Waals surface area contributed by atoms with E-state index < -0.39 is 4.92 Å². The molecule has 0 saturated heterocycles. The zero-order valence-corrected chi connectivity index (χ0v) is 9.77. The van der Waals surface area contributed by atoms with Gasteiger partial charge in [-0.05, 0) is 25.5 Å². The summed E-state index contributed by atoms with van der Waals surface area (Å²) < 4.78 is 0. The van der Waals surface area contributed by atoms with Gasteiger partial charge in [0.25, 0.3) is 5.69 Å². The number of carbonyl (C=O) groups excluding carboxylic acids is 1. The van der Waals surface area contributed by atoms with Gasteiger partial charge in [-0.3, -0.25) is 10.1 Å². The third-order valence-electron chi connectivity index (χ3n) is 2.33. The molecule has 0 radical (unpaired) electrons. The van der Waals surface area contributed by atoms with Crippen molar-refractivity contribution in [2.45, 2.75) is 26.3 Å². The molecule has 6 heteroatoms. The van der Waals surface area contributed by atoms with Crippen LogP contribution in [0.4, 0.5) is 16.2 Å². The summed E-state index contributed by atoms with van der Waals surface area (Å²) in [5, 5.41) is 15.8. The Kier molecular flexibility index (Phi) is 4.45. The Labute approximate surface area is 99.2 Å². The van der Waals surface area contributed by atoms with Gasteiger partial charge in [-0.1, -0.05) is 6.92 Å². The lowest BCUT2D eigenvalue weighted by molar-refractivity contribution is -0.384. The number of benzene rings is 1. The Bertz CT molecular complexity index is 403. The molecule has 1 atom stereocenters. The first-order chi connectivity index (χ1) is 8.02. The third kappa shape index (κ3) is 4.10. The summed E-state index contributed by atoms with van der Waals surface area (Å²) in [5.41, 5.74) is 0.522. The maximum Gasteiger partial charge on any atom is 0.319 e. The number of non-ortho nitro benzene ring substituents is 1. The SMILES string of the molecule is CCC(C)NC(=O)Nc1ccc([N+](=O)[O-])cc1. The summed E-state index contributed by atoms with van der Waals surface area (Å²) in [7, 11) is 0. The van der Waals surface area contributed by atoms with E-state index in [0.717, 1.165) is 6.42 Å². The molecule has 0 aliphatic carbocycles. The van der Waals surface area contributed by atoms with Crippen molar-refractivity contribution < 1.29 is 9.72 Å². The fourth-order valence-corrected chi connectivity index (χ4v) is 1.16. The van der Waals surface area contributed by atoms with Gasteiger partial charge in [-0.15, -0.1) is 0 Å². The molecule has 0 fully saturated rings. The second kappa shape index (κ2) is 5.83. The van der Waals surface area contributed by atoms with Gasteiger partial charge in [-0.2, -0.15) is 0 Å². The molecule has 0 heterocycles. The highest BCUT2D eigenvalue weighted by Crippen LogP contribution is 2.15. The van der Waals surface area contributed by atoms with Crippen molar-refractivity contribution in [3.05, 3.63) is 34.4 Å². The number of amides is 2. The fourth-order valence-electron chi connectivity index (χ4n) is 1.16. The number of anilines is 1. The lowest BCUT2D eigenvalue weighted by atomic mass is 10.2. The second-order valence-electron chi connectivity index (χ2n) is 3.71. The van der Waals surface area contributed by atoms with Crippen LogP contribution in [0.1, 0.15) is 20.3 Å². The van der Waals surface area contributed by atoms with E-state index in [1.807, 2.05) is 13.8 Å². The van der Waals surface area contributed by atoms with Crippen molar-refractivity contribution in [1.29, 1.82) is 0 Å². The Morgan fingerprint density at radius 2 is 2.00 bits per heavy atom. The minimum atomic E-state index is -0.483. The predicted octanol–water partition coefficient (Wildman–Crippen LogP) is 2.51. The number of nitrogens with one attached hydrogen (secondary N) is 2. The Hall–Kier alpha value is -2.11. The standard InChI is InChI=1S/C11H15N3O3/c1-3-8(2)12-11(15)13-9-4-6-10(7-5-9)14(16)17/h4-8H,3H2,1-2H3,(H2,12,13,15). The van der Waals surface area contributed by atoms with Crippen LogP contribution in [0.5, 0.6) is 0 Å². The number of nitro benzene ring substituents is 1. The van der Waals surface area contributed by atoms with Crippen LogP contribution < -0.4 is 10.6 Å². The van der Waals surface area contributed by atoms with Gasteiger partial charge in [0.1, 0.15) is 0 Å². The van der Waals surface area contributed by atoms with Crippen LogP contribution in [-0.2, 0) is 0 Å². The van der Waals surface area contributed by atoms with E-state index in [4.69, 9.17) is 0 Å². The number of rotatable bonds is 4. The van der Waals surface area contributed by atoms with Gasteiger partial charge >= 0.3 is 6.03 Å². The van der Waals surface area contributed by atoms with Gasteiger partial charge in [0, 0.05) is 23.9 Å². The lowest BCUT2D eigenvalue weighted by Gasteiger charge is -2.12. The summed E-state index contributed by atoms with van der Waals surface area (Å²) in [6.07, 6.45) is 0.841. The van der Waals surface area contributed by atoms with Crippen LogP contribution in [0.3, 0.4) is 0 Å². The first kappa shape index (κ1) is 13.0. The van der Waals surface area contributed by atoms with Gasteiger partial charge in [-0.25, -0.2) is 4.79 Å². The highest BCUT2D eigenvalue weighted by atomic mass is 16.6. The van der Waals surface area contributed by atoms with Crippen LogP contribution in [-0.4, -0.2) is 17.0 Å². The van der Waals surface area contributed by atoms with Gasteiger partial charge in [0.2, 0.25) is 0 Å². The van der Waals surface area contributed by atoms with Crippen LogP contribution in [0.15, 0.2) is 24.3 Å². The molecule has 0 bridgehead atoms. The molecule has 1 rings (SSSR count). The summed E-state index contributed by atoms with van der Waals surface area (Å²) in [6, 6.07) is 5.46. The fraction of sp³-hybridized carbons (Fsp3) is 0.364. The Balaban J connectivity index is 2.57. The van der Waals surface area contributed by atoms with E-state index in [0.29, 0.717) is 5.69 Å². The molecule has 1 aromatic carbocycles.